The molecule has 3 unspecified atom stereocenters. The molecule has 0 saturated heterocycles. The van der Waals surface area contributed by atoms with Crippen LogP contribution in [0.1, 0.15) is 38.7 Å². The van der Waals surface area contributed by atoms with Gasteiger partial charge in [-0.1, -0.05) is 26.0 Å². The van der Waals surface area contributed by atoms with Crippen molar-refractivity contribution in [3.63, 3.8) is 0 Å². The Balaban J connectivity index is 1.77. The van der Waals surface area contributed by atoms with Gasteiger partial charge in [-0.15, -0.1) is 0 Å². The van der Waals surface area contributed by atoms with Gasteiger partial charge in [-0.25, -0.2) is 0 Å². The molecule has 2 aliphatic carbocycles. The summed E-state index contributed by atoms with van der Waals surface area (Å²) in [6.07, 6.45) is 3.03. The van der Waals surface area contributed by atoms with E-state index >= 15 is 0 Å². The minimum Gasteiger partial charge on any atom is -0.497 e. The van der Waals surface area contributed by atoms with Crippen molar-refractivity contribution >= 4 is 0 Å². The second kappa shape index (κ2) is 4.74. The van der Waals surface area contributed by atoms with E-state index in [1.54, 1.807) is 7.11 Å². The SMILES string of the molecule is COc1cccc(CNC23CCC(CC2O)C3(C)C)c1. The van der Waals surface area contributed by atoms with Gasteiger partial charge in [-0.05, 0) is 48.3 Å². The zero-order valence-corrected chi connectivity index (χ0v) is 12.6. The lowest BCUT2D eigenvalue weighted by atomic mass is 9.75. The average Bonchev–Trinajstić information content (AvgIpc) is 2.80. The third-order valence-electron chi connectivity index (χ3n) is 5.88. The summed E-state index contributed by atoms with van der Waals surface area (Å²) in [5.41, 5.74) is 1.25. The summed E-state index contributed by atoms with van der Waals surface area (Å²) >= 11 is 0. The molecule has 20 heavy (non-hydrogen) atoms. The van der Waals surface area contributed by atoms with Gasteiger partial charge in [0, 0.05) is 12.1 Å². The van der Waals surface area contributed by atoms with E-state index in [0.29, 0.717) is 5.92 Å². The zero-order valence-electron chi connectivity index (χ0n) is 12.6. The van der Waals surface area contributed by atoms with Gasteiger partial charge < -0.3 is 15.2 Å². The van der Waals surface area contributed by atoms with Gasteiger partial charge in [0.1, 0.15) is 5.75 Å². The first kappa shape index (κ1) is 13.9. The van der Waals surface area contributed by atoms with Crippen LogP contribution in [0, 0.1) is 11.3 Å². The number of aliphatic hydroxyl groups is 1. The Morgan fingerprint density at radius 3 is 2.80 bits per heavy atom. The van der Waals surface area contributed by atoms with E-state index < -0.39 is 0 Å². The van der Waals surface area contributed by atoms with Crippen LogP contribution in [0.4, 0.5) is 0 Å². The zero-order chi connectivity index (χ0) is 14.4. The Morgan fingerprint density at radius 2 is 2.20 bits per heavy atom. The van der Waals surface area contributed by atoms with Crippen LogP contribution in [0.2, 0.25) is 0 Å². The van der Waals surface area contributed by atoms with E-state index in [1.165, 1.54) is 12.0 Å². The predicted octanol–water partition coefficient (Wildman–Crippen LogP) is 2.72. The van der Waals surface area contributed by atoms with E-state index in [-0.39, 0.29) is 17.1 Å². The summed E-state index contributed by atoms with van der Waals surface area (Å²) in [5.74, 6) is 1.53. The highest BCUT2D eigenvalue weighted by molar-refractivity contribution is 5.29. The van der Waals surface area contributed by atoms with Gasteiger partial charge in [0.25, 0.3) is 0 Å². The van der Waals surface area contributed by atoms with Crippen molar-refractivity contribution in [2.45, 2.75) is 51.3 Å². The molecule has 2 fully saturated rings. The number of benzene rings is 1. The molecule has 0 aliphatic heterocycles. The van der Waals surface area contributed by atoms with Gasteiger partial charge in [0.2, 0.25) is 0 Å². The molecule has 1 aromatic carbocycles. The summed E-state index contributed by atoms with van der Waals surface area (Å²) in [4.78, 5) is 0. The first-order chi connectivity index (χ1) is 9.49. The number of hydrogen-bond acceptors (Lipinski definition) is 3. The van der Waals surface area contributed by atoms with Crippen molar-refractivity contribution in [2.24, 2.45) is 11.3 Å². The molecule has 0 aromatic heterocycles. The Morgan fingerprint density at radius 1 is 1.40 bits per heavy atom. The number of ether oxygens (including phenoxy) is 1. The number of hydrogen-bond donors (Lipinski definition) is 2. The second-order valence-electron chi connectivity index (χ2n) is 6.89. The van der Waals surface area contributed by atoms with Crippen molar-refractivity contribution in [2.75, 3.05) is 7.11 Å². The molecular weight excluding hydrogens is 250 g/mol. The Kier molecular flexibility index (Phi) is 3.30. The molecule has 0 amide bonds. The molecule has 3 rings (SSSR count). The minimum absolute atomic E-state index is 0.124. The average molecular weight is 275 g/mol. The largest absolute Gasteiger partial charge is 0.497 e. The Hall–Kier alpha value is -1.06. The predicted molar refractivity (Wildman–Crippen MR) is 79.7 cm³/mol. The van der Waals surface area contributed by atoms with E-state index in [4.69, 9.17) is 4.74 Å². The monoisotopic (exact) mass is 275 g/mol. The van der Waals surface area contributed by atoms with E-state index in [2.05, 4.69) is 31.3 Å². The summed E-state index contributed by atoms with van der Waals surface area (Å²) in [6.45, 7) is 5.39. The van der Waals surface area contributed by atoms with Crippen LogP contribution in [0.25, 0.3) is 0 Å². The number of aliphatic hydroxyl groups excluding tert-OH is 1. The minimum atomic E-state index is -0.221. The molecule has 0 radical (unpaired) electrons. The molecule has 0 heterocycles. The van der Waals surface area contributed by atoms with Crippen molar-refractivity contribution in [1.29, 1.82) is 0 Å². The fourth-order valence-electron chi connectivity index (χ4n) is 4.40. The maximum Gasteiger partial charge on any atom is 0.119 e. The first-order valence-electron chi connectivity index (χ1n) is 7.55. The molecule has 3 heteroatoms. The standard InChI is InChI=1S/C17H25NO2/c1-16(2)13-7-8-17(16,15(19)10-13)18-11-12-5-4-6-14(9-12)20-3/h4-6,9,13,15,18-19H,7-8,10-11H2,1-3H3. The van der Waals surface area contributed by atoms with Gasteiger partial charge in [0.15, 0.2) is 0 Å². The number of fused-ring (bicyclic) bond motifs is 2. The molecule has 1 aromatic rings. The van der Waals surface area contributed by atoms with Crippen LogP contribution >= 0.6 is 0 Å². The molecular formula is C17H25NO2. The fourth-order valence-corrected chi connectivity index (χ4v) is 4.40. The summed E-state index contributed by atoms with van der Waals surface area (Å²) in [7, 11) is 1.69. The van der Waals surface area contributed by atoms with E-state index in [9.17, 15) is 5.11 Å². The third-order valence-corrected chi connectivity index (χ3v) is 5.88. The highest BCUT2D eigenvalue weighted by Gasteiger charge is 2.63. The smallest absolute Gasteiger partial charge is 0.119 e. The lowest BCUT2D eigenvalue weighted by molar-refractivity contribution is 0.0366. The van der Waals surface area contributed by atoms with Crippen LogP contribution in [-0.4, -0.2) is 23.9 Å². The maximum absolute atomic E-state index is 10.5. The lowest BCUT2D eigenvalue weighted by Gasteiger charge is -2.41. The third kappa shape index (κ3) is 1.87. The highest BCUT2D eigenvalue weighted by atomic mass is 16.5. The highest BCUT2D eigenvalue weighted by Crippen LogP contribution is 2.60. The molecule has 2 bridgehead atoms. The van der Waals surface area contributed by atoms with Crippen LogP contribution in [0.15, 0.2) is 24.3 Å². The summed E-state index contributed by atoms with van der Waals surface area (Å²) in [6, 6.07) is 8.14. The van der Waals surface area contributed by atoms with Gasteiger partial charge in [-0.3, -0.25) is 0 Å². The summed E-state index contributed by atoms with van der Waals surface area (Å²) < 4.78 is 5.27. The van der Waals surface area contributed by atoms with Crippen molar-refractivity contribution in [1.82, 2.24) is 5.32 Å². The van der Waals surface area contributed by atoms with Crippen LogP contribution in [0.5, 0.6) is 5.75 Å². The van der Waals surface area contributed by atoms with Gasteiger partial charge in [0.05, 0.1) is 13.2 Å². The number of rotatable bonds is 4. The molecule has 2 saturated carbocycles. The van der Waals surface area contributed by atoms with Crippen molar-refractivity contribution in [3.05, 3.63) is 29.8 Å². The van der Waals surface area contributed by atoms with Crippen molar-refractivity contribution < 1.29 is 9.84 Å². The lowest BCUT2D eigenvalue weighted by Crippen LogP contribution is -2.57. The molecule has 110 valence electrons. The molecule has 3 atom stereocenters. The van der Waals surface area contributed by atoms with Gasteiger partial charge >= 0.3 is 0 Å². The van der Waals surface area contributed by atoms with E-state index in [0.717, 1.165) is 25.1 Å². The number of methoxy groups -OCH3 is 1. The Labute approximate surface area is 121 Å². The molecule has 3 nitrogen and oxygen atoms in total. The first-order valence-corrected chi connectivity index (χ1v) is 7.55. The van der Waals surface area contributed by atoms with Gasteiger partial charge in [-0.2, -0.15) is 0 Å². The number of nitrogens with one attached hydrogen (secondary N) is 1. The van der Waals surface area contributed by atoms with Crippen LogP contribution < -0.4 is 10.1 Å². The molecule has 2 N–H and O–H groups in total. The maximum atomic E-state index is 10.5. The fraction of sp³-hybridized carbons (Fsp3) is 0.647. The normalized spacial score (nSPS) is 34.4. The Bertz CT molecular complexity index is 500. The topological polar surface area (TPSA) is 41.5 Å². The van der Waals surface area contributed by atoms with E-state index in [1.807, 2.05) is 12.1 Å². The van der Waals surface area contributed by atoms with Crippen molar-refractivity contribution in [3.8, 4) is 5.75 Å². The molecule has 2 aliphatic rings. The molecule has 0 spiro atoms. The second-order valence-corrected chi connectivity index (χ2v) is 6.89. The summed E-state index contributed by atoms with van der Waals surface area (Å²) in [5, 5.41) is 14.2. The quantitative estimate of drug-likeness (QED) is 0.888. The van der Waals surface area contributed by atoms with Crippen LogP contribution in [0.3, 0.4) is 0 Å². The van der Waals surface area contributed by atoms with Crippen LogP contribution in [-0.2, 0) is 6.54 Å².